The van der Waals surface area contributed by atoms with Crippen LogP contribution >= 0.6 is 0 Å². The van der Waals surface area contributed by atoms with Crippen molar-refractivity contribution in [2.75, 3.05) is 6.61 Å². The fraction of sp³-hybridized carbons (Fsp3) is 0.273. The van der Waals surface area contributed by atoms with Crippen LogP contribution in [-0.2, 0) is 9.53 Å². The van der Waals surface area contributed by atoms with Gasteiger partial charge in [0.25, 0.3) is 0 Å². The molecule has 0 N–H and O–H groups in total. The van der Waals surface area contributed by atoms with E-state index < -0.39 is 5.97 Å². The third-order valence-electron chi connectivity index (χ3n) is 4.12. The van der Waals surface area contributed by atoms with E-state index in [1.54, 1.807) is 39.0 Å². The highest BCUT2D eigenvalue weighted by atomic mass is 16.6. The Balaban J connectivity index is 1.79. The standard InChI is InChI=1S/C22H22O5/c1-13(2)26-20(23)12-25-18-10-9-17-21(24)19(27-22(17)15(18)4)11-16-7-5-14(3)6-8-16/h5-11,13H,12H2,1-4H3/b19-11-. The van der Waals surface area contributed by atoms with E-state index in [0.717, 1.165) is 11.1 Å². The van der Waals surface area contributed by atoms with Crippen LogP contribution < -0.4 is 9.47 Å². The number of aryl methyl sites for hydroxylation is 1. The fourth-order valence-electron chi connectivity index (χ4n) is 2.77. The van der Waals surface area contributed by atoms with Gasteiger partial charge in [-0.15, -0.1) is 0 Å². The number of benzene rings is 2. The molecule has 0 aromatic heterocycles. The van der Waals surface area contributed by atoms with E-state index in [-0.39, 0.29) is 24.3 Å². The molecule has 140 valence electrons. The minimum Gasteiger partial charge on any atom is -0.481 e. The molecule has 0 radical (unpaired) electrons. The van der Waals surface area contributed by atoms with E-state index in [1.807, 2.05) is 31.2 Å². The maximum Gasteiger partial charge on any atom is 0.344 e. The number of carbonyl (C=O) groups excluding carboxylic acids is 2. The summed E-state index contributed by atoms with van der Waals surface area (Å²) in [5.74, 6) is 0.613. The molecule has 0 aliphatic carbocycles. The third kappa shape index (κ3) is 4.19. The third-order valence-corrected chi connectivity index (χ3v) is 4.12. The molecule has 27 heavy (non-hydrogen) atoms. The van der Waals surface area contributed by atoms with Gasteiger partial charge in [0.05, 0.1) is 11.7 Å². The van der Waals surface area contributed by atoms with Gasteiger partial charge in [-0.2, -0.15) is 0 Å². The van der Waals surface area contributed by atoms with Crippen LogP contribution in [0.25, 0.3) is 6.08 Å². The first-order chi connectivity index (χ1) is 12.8. The normalized spacial score (nSPS) is 14.3. The highest BCUT2D eigenvalue weighted by Gasteiger charge is 2.30. The Kier molecular flexibility index (Phi) is 5.31. The van der Waals surface area contributed by atoms with Gasteiger partial charge in [0.15, 0.2) is 12.4 Å². The number of fused-ring (bicyclic) bond motifs is 1. The van der Waals surface area contributed by atoms with Gasteiger partial charge >= 0.3 is 5.97 Å². The summed E-state index contributed by atoms with van der Waals surface area (Å²) in [6, 6.07) is 11.2. The molecular weight excluding hydrogens is 344 g/mol. The molecule has 5 heteroatoms. The number of hydrogen-bond acceptors (Lipinski definition) is 5. The van der Waals surface area contributed by atoms with E-state index in [2.05, 4.69) is 0 Å². The minimum absolute atomic E-state index is 0.167. The van der Waals surface area contributed by atoms with Crippen molar-refractivity contribution in [3.8, 4) is 11.5 Å². The van der Waals surface area contributed by atoms with E-state index in [1.165, 1.54) is 0 Å². The average molecular weight is 366 g/mol. The van der Waals surface area contributed by atoms with Crippen molar-refractivity contribution in [1.29, 1.82) is 0 Å². The Morgan fingerprint density at radius 3 is 2.48 bits per heavy atom. The number of ether oxygens (including phenoxy) is 3. The summed E-state index contributed by atoms with van der Waals surface area (Å²) in [6.45, 7) is 7.16. The second-order valence-corrected chi connectivity index (χ2v) is 6.74. The number of esters is 1. The number of hydrogen-bond donors (Lipinski definition) is 0. The summed E-state index contributed by atoms with van der Waals surface area (Å²) in [5, 5.41) is 0. The Labute approximate surface area is 158 Å². The number of allylic oxidation sites excluding steroid dienone is 1. The van der Waals surface area contributed by atoms with Crippen LogP contribution in [-0.4, -0.2) is 24.5 Å². The first-order valence-electron chi connectivity index (χ1n) is 8.82. The van der Waals surface area contributed by atoms with Crippen molar-refractivity contribution in [3.63, 3.8) is 0 Å². The van der Waals surface area contributed by atoms with Crippen LogP contribution in [0.3, 0.4) is 0 Å². The summed E-state index contributed by atoms with van der Waals surface area (Å²) >= 11 is 0. The summed E-state index contributed by atoms with van der Waals surface area (Å²) in [7, 11) is 0. The fourth-order valence-corrected chi connectivity index (χ4v) is 2.77. The van der Waals surface area contributed by atoms with E-state index >= 15 is 0 Å². The van der Waals surface area contributed by atoms with Crippen LogP contribution in [0.1, 0.15) is 40.9 Å². The SMILES string of the molecule is Cc1ccc(/C=C2\Oc3c(ccc(OCC(=O)OC(C)C)c3C)C2=O)cc1. The molecule has 2 aromatic carbocycles. The molecule has 3 rings (SSSR count). The molecule has 0 amide bonds. The monoisotopic (exact) mass is 366 g/mol. The van der Waals surface area contributed by atoms with E-state index in [0.29, 0.717) is 22.6 Å². The number of carbonyl (C=O) groups is 2. The van der Waals surface area contributed by atoms with Crippen molar-refractivity contribution < 1.29 is 23.8 Å². The largest absolute Gasteiger partial charge is 0.481 e. The van der Waals surface area contributed by atoms with Crippen molar-refractivity contribution in [2.24, 2.45) is 0 Å². The summed E-state index contributed by atoms with van der Waals surface area (Å²) in [4.78, 5) is 24.3. The zero-order chi connectivity index (χ0) is 19.6. The van der Waals surface area contributed by atoms with Gasteiger partial charge in [-0.25, -0.2) is 4.79 Å². The zero-order valence-electron chi connectivity index (χ0n) is 15.9. The van der Waals surface area contributed by atoms with Gasteiger partial charge in [-0.05, 0) is 51.5 Å². The van der Waals surface area contributed by atoms with Crippen LogP contribution in [0.4, 0.5) is 0 Å². The molecule has 1 heterocycles. The topological polar surface area (TPSA) is 61.8 Å². The van der Waals surface area contributed by atoms with E-state index in [9.17, 15) is 9.59 Å². The molecule has 0 atom stereocenters. The first kappa shape index (κ1) is 18.7. The molecule has 0 fully saturated rings. The summed E-state index contributed by atoms with van der Waals surface area (Å²) in [5.41, 5.74) is 3.20. The lowest BCUT2D eigenvalue weighted by molar-refractivity contribution is -0.149. The number of ketones is 1. The Bertz CT molecular complexity index is 907. The second kappa shape index (κ2) is 7.66. The first-order valence-corrected chi connectivity index (χ1v) is 8.82. The van der Waals surface area contributed by atoms with Crippen LogP contribution in [0, 0.1) is 13.8 Å². The van der Waals surface area contributed by atoms with Gasteiger partial charge < -0.3 is 14.2 Å². The maximum atomic E-state index is 12.6. The Hall–Kier alpha value is -3.08. The Morgan fingerprint density at radius 2 is 1.81 bits per heavy atom. The van der Waals surface area contributed by atoms with Crippen molar-refractivity contribution in [2.45, 2.75) is 33.8 Å². The predicted octanol–water partition coefficient (Wildman–Crippen LogP) is 4.25. The molecular formula is C22H22O5. The lowest BCUT2D eigenvalue weighted by Gasteiger charge is -2.12. The summed E-state index contributed by atoms with van der Waals surface area (Å²) in [6.07, 6.45) is 1.53. The van der Waals surface area contributed by atoms with Gasteiger partial charge in [0.2, 0.25) is 5.78 Å². The lowest BCUT2D eigenvalue weighted by Crippen LogP contribution is -2.19. The Morgan fingerprint density at radius 1 is 1.11 bits per heavy atom. The smallest absolute Gasteiger partial charge is 0.344 e. The van der Waals surface area contributed by atoms with Crippen LogP contribution in [0.2, 0.25) is 0 Å². The molecule has 0 bridgehead atoms. The zero-order valence-corrected chi connectivity index (χ0v) is 15.9. The van der Waals surface area contributed by atoms with Crippen LogP contribution in [0.15, 0.2) is 42.2 Å². The lowest BCUT2D eigenvalue weighted by atomic mass is 10.1. The molecule has 0 saturated carbocycles. The molecule has 1 aliphatic rings. The molecule has 0 spiro atoms. The second-order valence-electron chi connectivity index (χ2n) is 6.74. The summed E-state index contributed by atoms with van der Waals surface area (Å²) < 4.78 is 16.4. The van der Waals surface area contributed by atoms with Crippen molar-refractivity contribution in [3.05, 3.63) is 64.4 Å². The van der Waals surface area contributed by atoms with Gasteiger partial charge in [-0.1, -0.05) is 29.8 Å². The predicted molar refractivity (Wildman–Crippen MR) is 102 cm³/mol. The van der Waals surface area contributed by atoms with E-state index in [4.69, 9.17) is 14.2 Å². The quantitative estimate of drug-likeness (QED) is 0.585. The number of rotatable bonds is 5. The van der Waals surface area contributed by atoms with Crippen LogP contribution in [0.5, 0.6) is 11.5 Å². The molecule has 5 nitrogen and oxygen atoms in total. The molecule has 1 aliphatic heterocycles. The van der Waals surface area contributed by atoms with Crippen molar-refractivity contribution in [1.82, 2.24) is 0 Å². The molecule has 2 aromatic rings. The number of Topliss-reactive ketones (excluding diaryl/α,β-unsaturated/α-hetero) is 1. The highest BCUT2D eigenvalue weighted by Crippen LogP contribution is 2.39. The molecule has 0 unspecified atom stereocenters. The minimum atomic E-state index is -0.443. The molecule has 0 saturated heterocycles. The van der Waals surface area contributed by atoms with Gasteiger partial charge in [0, 0.05) is 5.56 Å². The maximum absolute atomic E-state index is 12.6. The highest BCUT2D eigenvalue weighted by molar-refractivity contribution is 6.14. The average Bonchev–Trinajstić information content (AvgIpc) is 2.93. The van der Waals surface area contributed by atoms with Gasteiger partial charge in [0.1, 0.15) is 11.5 Å². The van der Waals surface area contributed by atoms with Crippen molar-refractivity contribution >= 4 is 17.8 Å². The van der Waals surface area contributed by atoms with Gasteiger partial charge in [-0.3, -0.25) is 4.79 Å².